The molecular formula is C12H22N2. The molecule has 0 unspecified atom stereocenters. The number of hydrogen-bond acceptors (Lipinski definition) is 2. The average Bonchev–Trinajstić information content (AvgIpc) is 2.85. The zero-order valence-corrected chi connectivity index (χ0v) is 9.04. The molecule has 0 aromatic rings. The standard InChI is InChI=1S/C12H22N2/c1-3-10-6-8-14(12(10)5-1)9-11-4-2-7-13-11/h10-13H,1-9H2/t10-,11+,12-/m1/s1. The highest BCUT2D eigenvalue weighted by atomic mass is 15.2. The summed E-state index contributed by atoms with van der Waals surface area (Å²) in [6.45, 7) is 3.97. The number of nitrogens with zero attached hydrogens (tertiary/aromatic N) is 1. The van der Waals surface area contributed by atoms with Gasteiger partial charge in [0.15, 0.2) is 0 Å². The number of fused-ring (bicyclic) bond motifs is 1. The maximum Gasteiger partial charge on any atom is 0.0195 e. The van der Waals surface area contributed by atoms with Gasteiger partial charge in [0.05, 0.1) is 0 Å². The van der Waals surface area contributed by atoms with Gasteiger partial charge in [-0.1, -0.05) is 6.42 Å². The first kappa shape index (κ1) is 9.17. The first-order valence-corrected chi connectivity index (χ1v) is 6.41. The van der Waals surface area contributed by atoms with Crippen molar-refractivity contribution >= 4 is 0 Å². The lowest BCUT2D eigenvalue weighted by molar-refractivity contribution is 0.221. The first-order chi connectivity index (χ1) is 6.93. The third-order valence-corrected chi connectivity index (χ3v) is 4.49. The van der Waals surface area contributed by atoms with Crippen LogP contribution in [0.3, 0.4) is 0 Å². The predicted octanol–water partition coefficient (Wildman–Crippen LogP) is 1.61. The molecular weight excluding hydrogens is 172 g/mol. The van der Waals surface area contributed by atoms with Crippen molar-refractivity contribution in [2.75, 3.05) is 19.6 Å². The molecule has 0 amide bonds. The van der Waals surface area contributed by atoms with Crippen molar-refractivity contribution in [3.05, 3.63) is 0 Å². The second kappa shape index (κ2) is 3.82. The quantitative estimate of drug-likeness (QED) is 0.718. The SMILES string of the molecule is C1CN[C@H](CN2CC[C@H]3CCC[C@H]32)C1. The maximum atomic E-state index is 3.62. The molecule has 1 aliphatic carbocycles. The summed E-state index contributed by atoms with van der Waals surface area (Å²) in [6.07, 6.45) is 8.78. The molecule has 3 fully saturated rings. The molecule has 0 radical (unpaired) electrons. The van der Waals surface area contributed by atoms with E-state index < -0.39 is 0 Å². The highest BCUT2D eigenvalue weighted by Crippen LogP contribution is 2.37. The Balaban J connectivity index is 1.57. The Labute approximate surface area is 87.0 Å². The molecule has 3 rings (SSSR count). The van der Waals surface area contributed by atoms with Gasteiger partial charge < -0.3 is 5.32 Å². The van der Waals surface area contributed by atoms with E-state index in [2.05, 4.69) is 10.2 Å². The molecule has 0 aromatic carbocycles. The van der Waals surface area contributed by atoms with Crippen LogP contribution in [0.4, 0.5) is 0 Å². The van der Waals surface area contributed by atoms with E-state index in [0.717, 1.165) is 18.0 Å². The molecule has 0 spiro atoms. The van der Waals surface area contributed by atoms with Crippen LogP contribution in [0.2, 0.25) is 0 Å². The van der Waals surface area contributed by atoms with Crippen molar-refractivity contribution in [3.8, 4) is 0 Å². The Morgan fingerprint density at radius 1 is 1.07 bits per heavy atom. The summed E-state index contributed by atoms with van der Waals surface area (Å²) in [7, 11) is 0. The van der Waals surface area contributed by atoms with Crippen molar-refractivity contribution in [2.24, 2.45) is 5.92 Å². The van der Waals surface area contributed by atoms with Crippen LogP contribution in [-0.2, 0) is 0 Å². The van der Waals surface area contributed by atoms with Crippen LogP contribution in [0.25, 0.3) is 0 Å². The van der Waals surface area contributed by atoms with E-state index in [1.54, 1.807) is 0 Å². The van der Waals surface area contributed by atoms with Gasteiger partial charge in [-0.15, -0.1) is 0 Å². The Morgan fingerprint density at radius 2 is 2.07 bits per heavy atom. The molecule has 1 N–H and O–H groups in total. The third kappa shape index (κ3) is 1.59. The summed E-state index contributed by atoms with van der Waals surface area (Å²) in [5.74, 6) is 1.07. The van der Waals surface area contributed by atoms with E-state index in [-0.39, 0.29) is 0 Å². The van der Waals surface area contributed by atoms with Gasteiger partial charge >= 0.3 is 0 Å². The van der Waals surface area contributed by atoms with Crippen LogP contribution in [0, 0.1) is 5.92 Å². The Morgan fingerprint density at radius 3 is 2.93 bits per heavy atom. The fourth-order valence-electron chi connectivity index (χ4n) is 3.75. The topological polar surface area (TPSA) is 15.3 Å². The van der Waals surface area contributed by atoms with Gasteiger partial charge in [-0.2, -0.15) is 0 Å². The number of likely N-dealkylation sites (tertiary alicyclic amines) is 1. The minimum atomic E-state index is 0.814. The zero-order valence-electron chi connectivity index (χ0n) is 9.04. The largest absolute Gasteiger partial charge is 0.313 e. The van der Waals surface area contributed by atoms with E-state index >= 15 is 0 Å². The maximum absolute atomic E-state index is 3.62. The minimum Gasteiger partial charge on any atom is -0.313 e. The lowest BCUT2D eigenvalue weighted by atomic mass is 10.0. The van der Waals surface area contributed by atoms with Gasteiger partial charge in [-0.25, -0.2) is 0 Å². The molecule has 2 nitrogen and oxygen atoms in total. The van der Waals surface area contributed by atoms with E-state index in [0.29, 0.717) is 0 Å². The monoisotopic (exact) mass is 194 g/mol. The second-order valence-electron chi connectivity index (χ2n) is 5.34. The highest BCUT2D eigenvalue weighted by Gasteiger charge is 2.38. The highest BCUT2D eigenvalue weighted by molar-refractivity contribution is 4.93. The molecule has 80 valence electrons. The Kier molecular flexibility index (Phi) is 2.50. The molecule has 2 heteroatoms. The number of rotatable bonds is 2. The summed E-state index contributed by atoms with van der Waals surface area (Å²) >= 11 is 0. The van der Waals surface area contributed by atoms with E-state index in [1.165, 1.54) is 58.2 Å². The molecule has 3 aliphatic rings. The lowest BCUT2D eigenvalue weighted by Crippen LogP contribution is -2.40. The molecule has 3 atom stereocenters. The van der Waals surface area contributed by atoms with Crippen molar-refractivity contribution in [3.63, 3.8) is 0 Å². The molecule has 0 aromatic heterocycles. The van der Waals surface area contributed by atoms with Crippen LogP contribution >= 0.6 is 0 Å². The number of hydrogen-bond donors (Lipinski definition) is 1. The smallest absolute Gasteiger partial charge is 0.0195 e. The average molecular weight is 194 g/mol. The van der Waals surface area contributed by atoms with Crippen LogP contribution in [0.5, 0.6) is 0 Å². The van der Waals surface area contributed by atoms with E-state index in [1.807, 2.05) is 0 Å². The Bertz CT molecular complexity index is 198. The van der Waals surface area contributed by atoms with Crippen LogP contribution in [-0.4, -0.2) is 36.6 Å². The molecule has 2 saturated heterocycles. The number of nitrogens with one attached hydrogen (secondary N) is 1. The van der Waals surface area contributed by atoms with Gasteiger partial charge in [0.2, 0.25) is 0 Å². The normalized spacial score (nSPS) is 43.3. The molecule has 2 aliphatic heterocycles. The van der Waals surface area contributed by atoms with Crippen molar-refractivity contribution in [2.45, 2.75) is 50.6 Å². The Hall–Kier alpha value is -0.0800. The third-order valence-electron chi connectivity index (χ3n) is 4.49. The van der Waals surface area contributed by atoms with Gasteiger partial charge in [-0.05, 0) is 51.1 Å². The summed E-state index contributed by atoms with van der Waals surface area (Å²) in [5.41, 5.74) is 0. The lowest BCUT2D eigenvalue weighted by Gasteiger charge is -2.26. The van der Waals surface area contributed by atoms with E-state index in [4.69, 9.17) is 0 Å². The van der Waals surface area contributed by atoms with Crippen molar-refractivity contribution in [1.29, 1.82) is 0 Å². The zero-order chi connectivity index (χ0) is 9.38. The molecule has 2 heterocycles. The fourth-order valence-corrected chi connectivity index (χ4v) is 3.75. The minimum absolute atomic E-state index is 0.814. The van der Waals surface area contributed by atoms with Gasteiger partial charge in [0.25, 0.3) is 0 Å². The van der Waals surface area contributed by atoms with Crippen LogP contribution in [0.1, 0.15) is 38.5 Å². The summed E-state index contributed by atoms with van der Waals surface area (Å²) in [4.78, 5) is 2.78. The van der Waals surface area contributed by atoms with Crippen LogP contribution in [0.15, 0.2) is 0 Å². The summed E-state index contributed by atoms with van der Waals surface area (Å²) in [5, 5.41) is 3.62. The molecule has 1 saturated carbocycles. The van der Waals surface area contributed by atoms with Crippen molar-refractivity contribution in [1.82, 2.24) is 10.2 Å². The van der Waals surface area contributed by atoms with Crippen LogP contribution < -0.4 is 5.32 Å². The van der Waals surface area contributed by atoms with Gasteiger partial charge in [0, 0.05) is 18.6 Å². The van der Waals surface area contributed by atoms with Gasteiger partial charge in [-0.3, -0.25) is 4.90 Å². The molecule has 0 bridgehead atoms. The summed E-state index contributed by atoms with van der Waals surface area (Å²) < 4.78 is 0. The second-order valence-corrected chi connectivity index (χ2v) is 5.34. The van der Waals surface area contributed by atoms with E-state index in [9.17, 15) is 0 Å². The predicted molar refractivity (Wildman–Crippen MR) is 58.3 cm³/mol. The van der Waals surface area contributed by atoms with Gasteiger partial charge in [0.1, 0.15) is 0 Å². The summed E-state index contributed by atoms with van der Waals surface area (Å²) in [6, 6.07) is 1.78. The van der Waals surface area contributed by atoms with Crippen molar-refractivity contribution < 1.29 is 0 Å². The fraction of sp³-hybridized carbons (Fsp3) is 1.00. The molecule has 14 heavy (non-hydrogen) atoms. The first-order valence-electron chi connectivity index (χ1n) is 6.41.